The molecule has 9 nitrogen and oxygen atoms in total. The van der Waals surface area contributed by atoms with Crippen molar-refractivity contribution < 1.29 is 19.4 Å². The quantitative estimate of drug-likeness (QED) is 0.561. The second kappa shape index (κ2) is 8.31. The standard InChI is InChI=1S/C22H21N5O4/c1-3-31-17-7-5-4-6-16(17)26-20(28)18-13(2)25-22-23-12-24-27(22)19(18)14-8-10-15(11-9-14)21(29)30/h4-12,19H,3H2,1-2H3,(H,26,28)(H,29,30)(H,23,24,25). The first-order chi connectivity index (χ1) is 15.0. The van der Waals surface area contributed by atoms with Crippen molar-refractivity contribution in [1.82, 2.24) is 14.8 Å². The third-order valence-corrected chi connectivity index (χ3v) is 4.95. The van der Waals surface area contributed by atoms with Gasteiger partial charge < -0.3 is 20.5 Å². The van der Waals surface area contributed by atoms with E-state index in [0.29, 0.717) is 40.8 Å². The number of rotatable bonds is 6. The SMILES string of the molecule is CCOc1ccccc1NC(=O)C1=C(C)Nc2ncnn2C1c1ccc(C(=O)O)cc1. The number of anilines is 2. The van der Waals surface area contributed by atoms with Gasteiger partial charge in [0.05, 0.1) is 23.4 Å². The molecule has 0 radical (unpaired) electrons. The molecule has 9 heteroatoms. The van der Waals surface area contributed by atoms with Gasteiger partial charge in [-0.3, -0.25) is 4.79 Å². The minimum atomic E-state index is -1.02. The molecule has 2 aromatic carbocycles. The molecule has 1 aromatic heterocycles. The van der Waals surface area contributed by atoms with Crippen molar-refractivity contribution in [1.29, 1.82) is 0 Å². The van der Waals surface area contributed by atoms with Crippen LogP contribution in [0.1, 0.15) is 35.8 Å². The van der Waals surface area contributed by atoms with Crippen LogP contribution in [-0.2, 0) is 4.79 Å². The van der Waals surface area contributed by atoms with E-state index in [1.165, 1.54) is 18.5 Å². The zero-order valence-corrected chi connectivity index (χ0v) is 17.0. The normalized spacial score (nSPS) is 15.1. The van der Waals surface area contributed by atoms with Crippen molar-refractivity contribution in [2.45, 2.75) is 19.9 Å². The van der Waals surface area contributed by atoms with Gasteiger partial charge in [0, 0.05) is 5.70 Å². The number of carbonyl (C=O) groups is 2. The summed E-state index contributed by atoms with van der Waals surface area (Å²) in [5, 5.41) is 19.5. The Bertz CT molecular complexity index is 1170. The fourth-order valence-electron chi connectivity index (χ4n) is 3.54. The topological polar surface area (TPSA) is 118 Å². The number of benzene rings is 2. The van der Waals surface area contributed by atoms with Crippen LogP contribution >= 0.6 is 0 Å². The lowest BCUT2D eigenvalue weighted by atomic mass is 9.94. The molecule has 3 N–H and O–H groups in total. The summed E-state index contributed by atoms with van der Waals surface area (Å²) in [4.78, 5) is 28.8. The van der Waals surface area contributed by atoms with E-state index < -0.39 is 12.0 Å². The Morgan fingerprint density at radius 2 is 1.94 bits per heavy atom. The predicted molar refractivity (Wildman–Crippen MR) is 114 cm³/mol. The van der Waals surface area contributed by atoms with Crippen LogP contribution in [0.15, 0.2) is 66.1 Å². The molecule has 0 fully saturated rings. The van der Waals surface area contributed by atoms with Crippen molar-refractivity contribution in [2.75, 3.05) is 17.2 Å². The minimum absolute atomic E-state index is 0.161. The number of ether oxygens (including phenoxy) is 1. The number of hydrogen-bond acceptors (Lipinski definition) is 6. The van der Waals surface area contributed by atoms with Crippen LogP contribution in [0.5, 0.6) is 5.75 Å². The summed E-state index contributed by atoms with van der Waals surface area (Å²) >= 11 is 0. The molecule has 1 amide bonds. The number of amides is 1. The third kappa shape index (κ3) is 3.85. The molecule has 2 heterocycles. The van der Waals surface area contributed by atoms with Gasteiger partial charge in [0.25, 0.3) is 5.91 Å². The van der Waals surface area contributed by atoms with Gasteiger partial charge in [0.2, 0.25) is 5.95 Å². The average Bonchev–Trinajstić information content (AvgIpc) is 3.22. The van der Waals surface area contributed by atoms with E-state index in [2.05, 4.69) is 20.7 Å². The summed E-state index contributed by atoms with van der Waals surface area (Å²) in [7, 11) is 0. The monoisotopic (exact) mass is 419 g/mol. The molecule has 3 aromatic rings. The highest BCUT2D eigenvalue weighted by molar-refractivity contribution is 6.06. The summed E-state index contributed by atoms with van der Waals surface area (Å²) in [5.74, 6) is -0.276. The van der Waals surface area contributed by atoms with E-state index in [1.807, 2.05) is 19.1 Å². The zero-order chi connectivity index (χ0) is 22.0. The summed E-state index contributed by atoms with van der Waals surface area (Å²) in [5.41, 5.74) is 2.49. The lowest BCUT2D eigenvalue weighted by Crippen LogP contribution is -2.31. The van der Waals surface area contributed by atoms with Crippen LogP contribution in [0, 0.1) is 0 Å². The molecule has 0 bridgehead atoms. The molecule has 4 rings (SSSR count). The van der Waals surface area contributed by atoms with Crippen molar-refractivity contribution in [2.24, 2.45) is 0 Å². The van der Waals surface area contributed by atoms with Crippen molar-refractivity contribution >= 4 is 23.5 Å². The second-order valence-corrected chi connectivity index (χ2v) is 6.90. The van der Waals surface area contributed by atoms with Crippen LogP contribution in [0.25, 0.3) is 0 Å². The molecular weight excluding hydrogens is 398 g/mol. The van der Waals surface area contributed by atoms with E-state index in [1.54, 1.807) is 35.9 Å². The molecule has 31 heavy (non-hydrogen) atoms. The Morgan fingerprint density at radius 3 is 2.65 bits per heavy atom. The Balaban J connectivity index is 1.74. The molecule has 0 spiro atoms. The number of fused-ring (bicyclic) bond motifs is 1. The first-order valence-electron chi connectivity index (χ1n) is 9.73. The summed E-state index contributed by atoms with van der Waals surface area (Å²) in [6, 6.07) is 13.0. The van der Waals surface area contributed by atoms with Gasteiger partial charge in [-0.1, -0.05) is 24.3 Å². The number of nitrogens with zero attached hydrogens (tertiary/aromatic N) is 3. The number of aromatic carboxylic acids is 1. The van der Waals surface area contributed by atoms with Crippen LogP contribution in [-0.4, -0.2) is 38.4 Å². The number of carbonyl (C=O) groups excluding carboxylic acids is 1. The Labute approximate surface area is 178 Å². The number of para-hydroxylation sites is 2. The van der Waals surface area contributed by atoms with Gasteiger partial charge in [-0.05, 0) is 43.7 Å². The van der Waals surface area contributed by atoms with E-state index in [-0.39, 0.29) is 11.5 Å². The number of carboxylic acid groups (broad SMARTS) is 1. The fourth-order valence-corrected chi connectivity index (χ4v) is 3.54. The van der Waals surface area contributed by atoms with Crippen LogP contribution in [0.4, 0.5) is 11.6 Å². The highest BCUT2D eigenvalue weighted by Crippen LogP contribution is 2.36. The van der Waals surface area contributed by atoms with Gasteiger partial charge in [0.1, 0.15) is 18.1 Å². The predicted octanol–water partition coefficient (Wildman–Crippen LogP) is 3.30. The van der Waals surface area contributed by atoms with E-state index in [4.69, 9.17) is 4.74 Å². The molecule has 1 aliphatic heterocycles. The highest BCUT2D eigenvalue weighted by atomic mass is 16.5. The molecule has 1 unspecified atom stereocenters. The lowest BCUT2D eigenvalue weighted by molar-refractivity contribution is -0.113. The minimum Gasteiger partial charge on any atom is -0.492 e. The Morgan fingerprint density at radius 1 is 1.19 bits per heavy atom. The molecular formula is C22H21N5O4. The number of nitrogens with one attached hydrogen (secondary N) is 2. The maximum Gasteiger partial charge on any atom is 0.335 e. The van der Waals surface area contributed by atoms with Gasteiger partial charge in [-0.15, -0.1) is 0 Å². The van der Waals surface area contributed by atoms with Gasteiger partial charge in [-0.2, -0.15) is 10.1 Å². The second-order valence-electron chi connectivity index (χ2n) is 6.90. The van der Waals surface area contributed by atoms with Gasteiger partial charge >= 0.3 is 5.97 Å². The number of carboxylic acids is 1. The molecule has 158 valence electrons. The van der Waals surface area contributed by atoms with Crippen molar-refractivity contribution in [3.05, 3.63) is 77.3 Å². The average molecular weight is 419 g/mol. The molecule has 0 aliphatic carbocycles. The molecule has 0 saturated carbocycles. The largest absolute Gasteiger partial charge is 0.492 e. The molecule has 0 saturated heterocycles. The molecule has 1 aliphatic rings. The zero-order valence-electron chi connectivity index (χ0n) is 17.0. The van der Waals surface area contributed by atoms with Crippen LogP contribution in [0.3, 0.4) is 0 Å². The van der Waals surface area contributed by atoms with E-state index in [9.17, 15) is 14.7 Å². The maximum atomic E-state index is 13.4. The van der Waals surface area contributed by atoms with Crippen molar-refractivity contribution in [3.63, 3.8) is 0 Å². The van der Waals surface area contributed by atoms with Crippen LogP contribution < -0.4 is 15.4 Å². The van der Waals surface area contributed by atoms with Gasteiger partial charge in [0.15, 0.2) is 0 Å². The van der Waals surface area contributed by atoms with Crippen LogP contribution in [0.2, 0.25) is 0 Å². The van der Waals surface area contributed by atoms with Crippen molar-refractivity contribution in [3.8, 4) is 5.75 Å². The smallest absolute Gasteiger partial charge is 0.335 e. The van der Waals surface area contributed by atoms with E-state index in [0.717, 1.165) is 0 Å². The summed E-state index contributed by atoms with van der Waals surface area (Å²) < 4.78 is 7.22. The number of hydrogen-bond donors (Lipinski definition) is 3. The van der Waals surface area contributed by atoms with E-state index >= 15 is 0 Å². The number of aromatic nitrogens is 3. The van der Waals surface area contributed by atoms with Gasteiger partial charge in [-0.25, -0.2) is 9.48 Å². The fraction of sp³-hybridized carbons (Fsp3) is 0.182. The first kappa shape index (κ1) is 20.1. The summed E-state index contributed by atoms with van der Waals surface area (Å²) in [6.45, 7) is 4.14. The Kier molecular flexibility index (Phi) is 5.40. The molecule has 1 atom stereocenters. The Hall–Kier alpha value is -4.14. The summed E-state index contributed by atoms with van der Waals surface area (Å²) in [6.07, 6.45) is 1.40. The maximum absolute atomic E-state index is 13.4. The number of allylic oxidation sites excluding steroid dienone is 1. The highest BCUT2D eigenvalue weighted by Gasteiger charge is 2.33. The third-order valence-electron chi connectivity index (χ3n) is 4.95. The first-order valence-corrected chi connectivity index (χ1v) is 9.73. The lowest BCUT2D eigenvalue weighted by Gasteiger charge is -2.29.